The first kappa shape index (κ1) is 32.6. The van der Waals surface area contributed by atoms with E-state index in [1.807, 2.05) is 100 Å². The molecule has 5 rings (SSSR count). The summed E-state index contributed by atoms with van der Waals surface area (Å²) in [7, 11) is 0. The number of nitrogens with zero attached hydrogens (tertiary/aromatic N) is 4. The normalized spacial score (nSPS) is 10.2. The Morgan fingerprint density at radius 3 is 1.61 bits per heavy atom. The van der Waals surface area contributed by atoms with Gasteiger partial charge in [0.05, 0.1) is 28.1 Å². The third-order valence-electron chi connectivity index (χ3n) is 5.20. The number of azo groups is 2. The van der Waals surface area contributed by atoms with Crippen LogP contribution in [-0.2, 0) is 32.7 Å². The average molecular weight is 582 g/mol. The minimum atomic E-state index is 0. The van der Waals surface area contributed by atoms with Gasteiger partial charge in [0.1, 0.15) is 5.75 Å². The maximum Gasteiger partial charge on any atom is 0.125 e. The van der Waals surface area contributed by atoms with E-state index in [9.17, 15) is 5.11 Å². The van der Waals surface area contributed by atoms with Crippen LogP contribution in [0.25, 0.3) is 21.5 Å². The summed E-state index contributed by atoms with van der Waals surface area (Å²) in [5, 5.41) is 31.2. The first-order valence-corrected chi connectivity index (χ1v) is 12.1. The van der Waals surface area contributed by atoms with Crippen molar-refractivity contribution in [2.24, 2.45) is 20.5 Å². The van der Waals surface area contributed by atoms with Crippen molar-refractivity contribution in [3.63, 3.8) is 0 Å². The zero-order valence-corrected chi connectivity index (χ0v) is 25.5. The zero-order valence-electron chi connectivity index (χ0n) is 22.6. The van der Waals surface area contributed by atoms with Gasteiger partial charge in [-0.15, -0.1) is 15.3 Å². The molecule has 5 aromatic rings. The van der Waals surface area contributed by atoms with Gasteiger partial charge in [0.2, 0.25) is 0 Å². The molecule has 0 heterocycles. The molecule has 5 aromatic carbocycles. The van der Waals surface area contributed by atoms with Crippen molar-refractivity contribution < 1.29 is 37.8 Å². The molecule has 0 saturated heterocycles. The van der Waals surface area contributed by atoms with Gasteiger partial charge >= 0.3 is 0 Å². The number of anilines is 1. The van der Waals surface area contributed by atoms with E-state index in [4.69, 9.17) is 5.73 Å². The number of hydrogen-bond donors (Lipinski definition) is 2. The second-order valence-electron chi connectivity index (χ2n) is 7.26. The number of rotatable bonds is 4. The Morgan fingerprint density at radius 1 is 0.526 bits per heavy atom. The topological polar surface area (TPSA) is 95.7 Å². The van der Waals surface area contributed by atoms with E-state index >= 15 is 0 Å². The number of nitrogens with two attached hydrogens (primary N) is 1. The first-order valence-electron chi connectivity index (χ1n) is 12.1. The fourth-order valence-electron chi connectivity index (χ4n) is 3.63. The van der Waals surface area contributed by atoms with Crippen molar-refractivity contribution in [3.8, 4) is 5.75 Å². The van der Waals surface area contributed by atoms with Crippen LogP contribution in [-0.4, -0.2) is 5.11 Å². The van der Waals surface area contributed by atoms with Crippen molar-refractivity contribution in [1.82, 2.24) is 0 Å². The fraction of sp³-hybridized carbons (Fsp3) is 0.129. The third kappa shape index (κ3) is 7.53. The van der Waals surface area contributed by atoms with E-state index < -0.39 is 0 Å². The molecule has 0 atom stereocenters. The van der Waals surface area contributed by atoms with Crippen molar-refractivity contribution >= 4 is 50.0 Å². The molecule has 0 aliphatic heterocycles. The Labute approximate surface area is 250 Å². The van der Waals surface area contributed by atoms with Gasteiger partial charge in [0, 0.05) is 54.6 Å². The minimum absolute atomic E-state index is 0. The molecule has 0 unspecified atom stereocenters. The molecule has 6 nitrogen and oxygen atoms in total. The molecule has 0 bridgehead atoms. The number of nitrogen functional groups attached to an aromatic ring is 1. The molecular weight excluding hydrogens is 547 g/mol. The third-order valence-corrected chi connectivity index (χ3v) is 5.20. The Bertz CT molecular complexity index is 1500. The number of phenolic OH excluding ortho intramolecular Hbond substituents is 1. The summed E-state index contributed by atoms with van der Waals surface area (Å²) in [6.07, 6.45) is 0. The molecule has 0 aromatic heterocycles. The number of phenols is 1. The summed E-state index contributed by atoms with van der Waals surface area (Å²) < 4.78 is 0. The van der Waals surface area contributed by atoms with Crippen LogP contribution in [0.1, 0.15) is 27.7 Å². The van der Waals surface area contributed by atoms with Crippen molar-refractivity contribution in [2.75, 3.05) is 5.73 Å². The predicted octanol–water partition coefficient (Wildman–Crippen LogP) is 10.6. The maximum atomic E-state index is 10.4. The molecule has 0 aliphatic carbocycles. The quantitative estimate of drug-likeness (QED) is 0.125. The Kier molecular flexibility index (Phi) is 14.0. The Hall–Kier alpha value is -3.48. The molecule has 0 fully saturated rings. The minimum Gasteiger partial charge on any atom is -0.507 e. The fourth-order valence-corrected chi connectivity index (χ4v) is 3.63. The number of aromatic hydroxyl groups is 1. The number of fused-ring (bicyclic) bond motifs is 2. The second-order valence-corrected chi connectivity index (χ2v) is 7.26. The number of hydrogen-bond acceptors (Lipinski definition) is 6. The number of benzene rings is 5. The summed E-state index contributed by atoms with van der Waals surface area (Å²) in [6.45, 7) is 8.00. The first-order chi connectivity index (χ1) is 17.7. The van der Waals surface area contributed by atoms with E-state index in [2.05, 4.69) is 20.5 Å². The second kappa shape index (κ2) is 16.4. The van der Waals surface area contributed by atoms with Crippen molar-refractivity contribution in [2.45, 2.75) is 27.7 Å². The van der Waals surface area contributed by atoms with Gasteiger partial charge in [-0.2, -0.15) is 5.11 Å². The molecule has 0 saturated carbocycles. The summed E-state index contributed by atoms with van der Waals surface area (Å²) in [5.74, 6) is 0.116. The van der Waals surface area contributed by atoms with Gasteiger partial charge in [-0.25, -0.2) is 0 Å². The van der Waals surface area contributed by atoms with Gasteiger partial charge in [0.25, 0.3) is 0 Å². The van der Waals surface area contributed by atoms with Crippen LogP contribution in [0.15, 0.2) is 118 Å². The monoisotopic (exact) mass is 581 g/mol. The van der Waals surface area contributed by atoms with Gasteiger partial charge in [0.15, 0.2) is 0 Å². The van der Waals surface area contributed by atoms with Crippen LogP contribution in [0.5, 0.6) is 5.75 Å². The molecule has 0 spiro atoms. The van der Waals surface area contributed by atoms with E-state index in [1.54, 1.807) is 24.3 Å². The van der Waals surface area contributed by atoms with Crippen molar-refractivity contribution in [3.05, 3.63) is 104 Å². The maximum absolute atomic E-state index is 10.4. The van der Waals surface area contributed by atoms with Crippen LogP contribution in [0.3, 0.4) is 0 Å². The van der Waals surface area contributed by atoms with Crippen LogP contribution in [0.4, 0.5) is 28.4 Å². The molecule has 3 N–H and O–H groups in total. The largest absolute Gasteiger partial charge is 0.507 e. The molecular formula is C31H34N5OY-. The summed E-state index contributed by atoms with van der Waals surface area (Å²) in [6, 6.07) is 29.9. The SMILES string of the molecule is CC.CC.Nc1ccc(N=Nc2ccc(N=Nc3ccccc3)c3ccccc23)c2c(O)cccc12.[CH3-].[Y]. The summed E-state index contributed by atoms with van der Waals surface area (Å²) in [4.78, 5) is 0. The van der Waals surface area contributed by atoms with Crippen LogP contribution >= 0.6 is 0 Å². The predicted molar refractivity (Wildman–Crippen MR) is 158 cm³/mol. The van der Waals surface area contributed by atoms with Gasteiger partial charge in [-0.05, 0) is 42.5 Å². The van der Waals surface area contributed by atoms with Gasteiger partial charge in [-0.3, -0.25) is 0 Å². The van der Waals surface area contributed by atoms with Gasteiger partial charge < -0.3 is 18.3 Å². The van der Waals surface area contributed by atoms with E-state index in [0.717, 1.165) is 27.5 Å². The molecule has 1 radical (unpaired) electrons. The van der Waals surface area contributed by atoms with Crippen LogP contribution < -0.4 is 5.73 Å². The molecule has 0 aliphatic rings. The van der Waals surface area contributed by atoms with Crippen LogP contribution in [0, 0.1) is 7.43 Å². The molecule has 0 amide bonds. The zero-order chi connectivity index (χ0) is 25.9. The Morgan fingerprint density at radius 2 is 1.00 bits per heavy atom. The van der Waals surface area contributed by atoms with E-state index in [0.29, 0.717) is 22.4 Å². The molecule has 7 heteroatoms. The summed E-state index contributed by atoms with van der Waals surface area (Å²) in [5.41, 5.74) is 9.41. The summed E-state index contributed by atoms with van der Waals surface area (Å²) >= 11 is 0. The van der Waals surface area contributed by atoms with Crippen LogP contribution in [0.2, 0.25) is 0 Å². The van der Waals surface area contributed by atoms with E-state index in [1.165, 1.54) is 0 Å². The molecule has 193 valence electrons. The average Bonchev–Trinajstić information content (AvgIpc) is 2.95. The Balaban J connectivity index is 0.00000115. The molecule has 38 heavy (non-hydrogen) atoms. The van der Waals surface area contributed by atoms with Gasteiger partial charge in [-0.1, -0.05) is 82.3 Å². The smallest absolute Gasteiger partial charge is 0.125 e. The standard InChI is InChI=1S/C26H19N5O.2C2H6.CH3.Y/c27-21-13-14-24(26-20(21)11-6-12-25(26)32)31-30-23-16-15-22(18-9-4-5-10-19(18)23)29-28-17-7-2-1-3-8-17;2*1-2;;/h1-16,32H,27H2;2*1-2H3;1H3;/q;;;-1;. The van der Waals surface area contributed by atoms with Crippen molar-refractivity contribution in [1.29, 1.82) is 0 Å². The van der Waals surface area contributed by atoms with E-state index in [-0.39, 0.29) is 45.9 Å².